The van der Waals surface area contributed by atoms with E-state index in [0.717, 1.165) is 11.3 Å². The molecular weight excluding hydrogens is 360 g/mol. The summed E-state index contributed by atoms with van der Waals surface area (Å²) < 4.78 is 12.4. The van der Waals surface area contributed by atoms with Crippen LogP contribution < -0.4 is 4.74 Å². The van der Waals surface area contributed by atoms with E-state index in [1.165, 1.54) is 5.56 Å². The van der Waals surface area contributed by atoms with Crippen LogP contribution in [0.5, 0.6) is 5.75 Å². The summed E-state index contributed by atoms with van der Waals surface area (Å²) in [6, 6.07) is 7.67. The lowest BCUT2D eigenvalue weighted by atomic mass is 10.1. The molecule has 2 aromatic rings. The molecule has 8 heteroatoms. The fraction of sp³-hybridized carbons (Fsp3) is 0.450. The lowest BCUT2D eigenvalue weighted by Gasteiger charge is -2.33. The number of carbonyl (C=O) groups excluding carboxylic acids is 2. The third kappa shape index (κ3) is 4.62. The van der Waals surface area contributed by atoms with Crippen LogP contribution >= 0.6 is 0 Å². The number of rotatable bonds is 5. The number of aryl methyl sites for hydroxylation is 2. The number of amides is 2. The number of piperazine rings is 1. The summed E-state index contributed by atoms with van der Waals surface area (Å²) in [5.74, 6) is 0.651. The number of benzene rings is 1. The molecule has 0 spiro atoms. The summed E-state index contributed by atoms with van der Waals surface area (Å²) in [6.45, 7) is 8.23. The van der Waals surface area contributed by atoms with Gasteiger partial charge in [-0.15, -0.1) is 0 Å². The summed E-state index contributed by atoms with van der Waals surface area (Å²) in [7, 11) is 0. The molecule has 8 nitrogen and oxygen atoms in total. The number of hydrogen-bond donors (Lipinski definition) is 0. The SMILES string of the molecule is CCOC(=O)N1CCN(C(=O)c2ccn(COc3ccc(C)cc3C)n2)CC1. The quantitative estimate of drug-likeness (QED) is 0.789. The monoisotopic (exact) mass is 386 g/mol. The molecule has 0 radical (unpaired) electrons. The number of ether oxygens (including phenoxy) is 2. The highest BCUT2D eigenvalue weighted by atomic mass is 16.6. The molecule has 1 saturated heterocycles. The van der Waals surface area contributed by atoms with Crippen molar-refractivity contribution in [2.75, 3.05) is 32.8 Å². The number of carbonyl (C=O) groups is 2. The second kappa shape index (κ2) is 8.77. The number of aromatic nitrogens is 2. The Morgan fingerprint density at radius 3 is 2.46 bits per heavy atom. The highest BCUT2D eigenvalue weighted by molar-refractivity contribution is 5.92. The van der Waals surface area contributed by atoms with Gasteiger partial charge in [0.05, 0.1) is 6.61 Å². The fourth-order valence-corrected chi connectivity index (χ4v) is 3.11. The van der Waals surface area contributed by atoms with Crippen LogP contribution in [-0.2, 0) is 11.5 Å². The van der Waals surface area contributed by atoms with Crippen molar-refractivity contribution in [1.29, 1.82) is 0 Å². The molecule has 0 saturated carbocycles. The average molecular weight is 386 g/mol. The highest BCUT2D eigenvalue weighted by Gasteiger charge is 2.26. The Bertz CT molecular complexity index is 840. The predicted octanol–water partition coefficient (Wildman–Crippen LogP) is 2.45. The molecule has 1 aromatic carbocycles. The minimum atomic E-state index is -0.331. The molecule has 1 fully saturated rings. The van der Waals surface area contributed by atoms with Gasteiger partial charge in [0.2, 0.25) is 0 Å². The minimum absolute atomic E-state index is 0.145. The van der Waals surface area contributed by atoms with E-state index in [0.29, 0.717) is 38.5 Å². The van der Waals surface area contributed by atoms with Gasteiger partial charge >= 0.3 is 6.09 Å². The van der Waals surface area contributed by atoms with Gasteiger partial charge < -0.3 is 19.3 Å². The van der Waals surface area contributed by atoms with E-state index in [1.807, 2.05) is 26.0 Å². The van der Waals surface area contributed by atoms with E-state index >= 15 is 0 Å². The average Bonchev–Trinajstić information content (AvgIpc) is 3.16. The molecule has 0 atom stereocenters. The standard InChI is InChI=1S/C20H26N4O4/c1-4-27-20(26)23-11-9-22(10-12-23)19(25)17-7-8-24(21-17)14-28-18-6-5-15(2)13-16(18)3/h5-8,13H,4,9-12,14H2,1-3H3. The van der Waals surface area contributed by atoms with Crippen LogP contribution in [0, 0.1) is 13.8 Å². The normalized spacial score (nSPS) is 14.1. The molecule has 28 heavy (non-hydrogen) atoms. The smallest absolute Gasteiger partial charge is 0.409 e. The zero-order valence-electron chi connectivity index (χ0n) is 16.6. The van der Waals surface area contributed by atoms with Gasteiger partial charge in [-0.3, -0.25) is 4.79 Å². The van der Waals surface area contributed by atoms with Gasteiger partial charge in [-0.25, -0.2) is 9.48 Å². The third-order valence-corrected chi connectivity index (χ3v) is 4.64. The lowest BCUT2D eigenvalue weighted by molar-refractivity contribution is 0.0564. The number of hydrogen-bond acceptors (Lipinski definition) is 5. The summed E-state index contributed by atoms with van der Waals surface area (Å²) >= 11 is 0. The zero-order chi connectivity index (χ0) is 20.1. The number of nitrogens with zero attached hydrogens (tertiary/aromatic N) is 4. The van der Waals surface area contributed by atoms with Crippen molar-refractivity contribution < 1.29 is 19.1 Å². The van der Waals surface area contributed by atoms with Crippen LogP contribution in [0.1, 0.15) is 28.5 Å². The molecule has 0 aliphatic carbocycles. The van der Waals surface area contributed by atoms with E-state index in [1.54, 1.807) is 33.7 Å². The maximum atomic E-state index is 12.7. The Labute approximate surface area is 164 Å². The fourth-order valence-electron chi connectivity index (χ4n) is 3.11. The van der Waals surface area contributed by atoms with Crippen molar-refractivity contribution in [2.24, 2.45) is 0 Å². The molecule has 1 aromatic heterocycles. The van der Waals surface area contributed by atoms with Crippen LogP contribution in [0.4, 0.5) is 4.79 Å². The summed E-state index contributed by atoms with van der Waals surface area (Å²) in [5.41, 5.74) is 2.61. The van der Waals surface area contributed by atoms with E-state index in [-0.39, 0.29) is 18.7 Å². The maximum Gasteiger partial charge on any atom is 0.409 e. The second-order valence-electron chi connectivity index (χ2n) is 6.76. The Kier molecular flexibility index (Phi) is 6.18. The Hall–Kier alpha value is -3.03. The van der Waals surface area contributed by atoms with Crippen LogP contribution in [-0.4, -0.2) is 64.4 Å². The van der Waals surface area contributed by atoms with Gasteiger partial charge in [0.25, 0.3) is 5.91 Å². The molecule has 3 rings (SSSR count). The van der Waals surface area contributed by atoms with E-state index < -0.39 is 0 Å². The Balaban J connectivity index is 1.53. The van der Waals surface area contributed by atoms with E-state index in [4.69, 9.17) is 9.47 Å². The van der Waals surface area contributed by atoms with Gasteiger partial charge in [0.15, 0.2) is 12.4 Å². The first-order chi connectivity index (χ1) is 13.5. The molecule has 150 valence electrons. The zero-order valence-corrected chi connectivity index (χ0v) is 16.6. The van der Waals surface area contributed by atoms with Crippen molar-refractivity contribution in [3.8, 4) is 5.75 Å². The van der Waals surface area contributed by atoms with E-state index in [2.05, 4.69) is 11.2 Å². The van der Waals surface area contributed by atoms with Crippen molar-refractivity contribution >= 4 is 12.0 Å². The van der Waals surface area contributed by atoms with Gasteiger partial charge in [-0.2, -0.15) is 5.10 Å². The second-order valence-corrected chi connectivity index (χ2v) is 6.76. The molecule has 1 aliphatic rings. The van der Waals surface area contributed by atoms with Crippen molar-refractivity contribution in [3.05, 3.63) is 47.3 Å². The Morgan fingerprint density at radius 1 is 1.07 bits per heavy atom. The molecule has 2 heterocycles. The van der Waals surface area contributed by atoms with Gasteiger partial charge in [-0.1, -0.05) is 17.7 Å². The molecule has 1 aliphatic heterocycles. The largest absolute Gasteiger partial charge is 0.471 e. The first-order valence-electron chi connectivity index (χ1n) is 9.42. The van der Waals surface area contributed by atoms with Crippen LogP contribution in [0.3, 0.4) is 0 Å². The van der Waals surface area contributed by atoms with Crippen LogP contribution in [0.15, 0.2) is 30.5 Å². The first kappa shape index (κ1) is 19.7. The molecule has 0 N–H and O–H groups in total. The predicted molar refractivity (Wildman–Crippen MR) is 103 cm³/mol. The van der Waals surface area contributed by atoms with Gasteiger partial charge in [-0.05, 0) is 38.5 Å². The van der Waals surface area contributed by atoms with Crippen molar-refractivity contribution in [1.82, 2.24) is 19.6 Å². The summed E-state index contributed by atoms with van der Waals surface area (Å²) in [5, 5.41) is 4.33. The van der Waals surface area contributed by atoms with Crippen LogP contribution in [0.2, 0.25) is 0 Å². The molecule has 2 amide bonds. The highest BCUT2D eigenvalue weighted by Crippen LogP contribution is 2.19. The molecule has 0 bridgehead atoms. The van der Waals surface area contributed by atoms with Crippen LogP contribution in [0.25, 0.3) is 0 Å². The Morgan fingerprint density at radius 2 is 1.79 bits per heavy atom. The van der Waals surface area contributed by atoms with Gasteiger partial charge in [0, 0.05) is 32.4 Å². The van der Waals surface area contributed by atoms with Crippen molar-refractivity contribution in [3.63, 3.8) is 0 Å². The maximum absolute atomic E-state index is 12.7. The third-order valence-electron chi connectivity index (χ3n) is 4.64. The van der Waals surface area contributed by atoms with Gasteiger partial charge in [0.1, 0.15) is 5.75 Å². The molecular formula is C20H26N4O4. The van der Waals surface area contributed by atoms with Crippen molar-refractivity contribution in [2.45, 2.75) is 27.5 Å². The lowest BCUT2D eigenvalue weighted by Crippen LogP contribution is -2.50. The first-order valence-corrected chi connectivity index (χ1v) is 9.42. The topological polar surface area (TPSA) is 76.9 Å². The van der Waals surface area contributed by atoms with E-state index in [9.17, 15) is 9.59 Å². The minimum Gasteiger partial charge on any atom is -0.471 e. The summed E-state index contributed by atoms with van der Waals surface area (Å²) in [4.78, 5) is 27.7. The molecule has 0 unspecified atom stereocenters. The summed E-state index contributed by atoms with van der Waals surface area (Å²) in [6.07, 6.45) is 1.40.